The number of fused-ring (bicyclic) bond motifs is 2. The van der Waals surface area contributed by atoms with Gasteiger partial charge in [0.2, 0.25) is 0 Å². The van der Waals surface area contributed by atoms with Gasteiger partial charge >= 0.3 is 5.97 Å². The summed E-state index contributed by atoms with van der Waals surface area (Å²) in [6.45, 7) is 4.02. The molecule has 0 amide bonds. The number of aromatic nitrogens is 2. The molecule has 1 atom stereocenters. The lowest BCUT2D eigenvalue weighted by atomic mass is 9.79. The van der Waals surface area contributed by atoms with Gasteiger partial charge in [0.1, 0.15) is 5.82 Å². The topological polar surface area (TPSA) is 90.1 Å². The number of esters is 1. The molecule has 0 radical (unpaired) electrons. The second kappa shape index (κ2) is 7.02. The molecule has 140 valence electrons. The summed E-state index contributed by atoms with van der Waals surface area (Å²) in [6.07, 6.45) is 7.59. The van der Waals surface area contributed by atoms with Crippen molar-refractivity contribution in [2.24, 2.45) is 0 Å². The number of carbonyl (C=O) groups is 1. The van der Waals surface area contributed by atoms with E-state index in [9.17, 15) is 4.79 Å². The Balaban J connectivity index is 1.95. The zero-order valence-corrected chi connectivity index (χ0v) is 15.7. The average molecular weight is 364 g/mol. The smallest absolute Gasteiger partial charge is 0.336 e. The quantitative estimate of drug-likeness (QED) is 0.812. The molecule has 0 bridgehead atoms. The molecule has 1 aliphatic carbocycles. The van der Waals surface area contributed by atoms with E-state index in [1.807, 2.05) is 26.0 Å². The highest BCUT2D eigenvalue weighted by atomic mass is 16.5. The molecule has 2 aliphatic rings. The van der Waals surface area contributed by atoms with Gasteiger partial charge in [-0.25, -0.2) is 9.78 Å². The lowest BCUT2D eigenvalue weighted by molar-refractivity contribution is -0.138. The van der Waals surface area contributed by atoms with Gasteiger partial charge in [0, 0.05) is 41.0 Å². The third-order valence-corrected chi connectivity index (χ3v) is 5.38. The Morgan fingerprint density at radius 3 is 2.78 bits per heavy atom. The first kappa shape index (κ1) is 17.5. The normalized spacial score (nSPS) is 18.4. The van der Waals surface area contributed by atoms with Crippen molar-refractivity contribution in [1.29, 1.82) is 0 Å². The first-order valence-electron chi connectivity index (χ1n) is 9.47. The number of carbonyl (C=O) groups excluding carboxylic acids is 1. The van der Waals surface area contributed by atoms with Crippen LogP contribution in [0.1, 0.15) is 55.0 Å². The van der Waals surface area contributed by atoms with Crippen LogP contribution in [0, 0.1) is 0 Å². The molecule has 0 spiro atoms. The van der Waals surface area contributed by atoms with E-state index >= 15 is 0 Å². The molecule has 0 unspecified atom stereocenters. The zero-order valence-electron chi connectivity index (χ0n) is 15.7. The SMILES string of the molecule is CCOC(=O)C1=C(C)Nc2nc3c(c(N)c2[C@@H]1c1ccncc1)CCCC3. The van der Waals surface area contributed by atoms with Crippen molar-refractivity contribution in [1.82, 2.24) is 9.97 Å². The summed E-state index contributed by atoms with van der Waals surface area (Å²) in [6, 6.07) is 3.84. The lowest BCUT2D eigenvalue weighted by Gasteiger charge is -2.32. The number of nitrogen functional groups attached to an aromatic ring is 1. The minimum absolute atomic E-state index is 0.317. The second-order valence-corrected chi connectivity index (χ2v) is 7.02. The van der Waals surface area contributed by atoms with Crippen LogP contribution in [0.4, 0.5) is 11.5 Å². The van der Waals surface area contributed by atoms with Crippen molar-refractivity contribution >= 4 is 17.5 Å². The number of nitrogens with one attached hydrogen (secondary N) is 1. The molecule has 0 aromatic carbocycles. The molecule has 0 fully saturated rings. The first-order valence-corrected chi connectivity index (χ1v) is 9.47. The summed E-state index contributed by atoms with van der Waals surface area (Å²) in [5.74, 6) is 0.107. The molecular formula is C21H24N4O2. The Kier molecular flexibility index (Phi) is 4.56. The van der Waals surface area contributed by atoms with Gasteiger partial charge in [-0.2, -0.15) is 0 Å². The van der Waals surface area contributed by atoms with Gasteiger partial charge in [0.25, 0.3) is 0 Å². The number of pyridine rings is 2. The van der Waals surface area contributed by atoms with Crippen molar-refractivity contribution < 1.29 is 9.53 Å². The van der Waals surface area contributed by atoms with E-state index in [1.54, 1.807) is 12.4 Å². The maximum Gasteiger partial charge on any atom is 0.336 e. The van der Waals surface area contributed by atoms with E-state index < -0.39 is 0 Å². The van der Waals surface area contributed by atoms with Crippen LogP contribution in [0.5, 0.6) is 0 Å². The summed E-state index contributed by atoms with van der Waals surface area (Å²) >= 11 is 0. The van der Waals surface area contributed by atoms with E-state index in [-0.39, 0.29) is 11.9 Å². The Labute approximate surface area is 158 Å². The van der Waals surface area contributed by atoms with Gasteiger partial charge in [-0.1, -0.05) is 0 Å². The van der Waals surface area contributed by atoms with Gasteiger partial charge < -0.3 is 15.8 Å². The fraction of sp³-hybridized carbons (Fsp3) is 0.381. The predicted molar refractivity (Wildman–Crippen MR) is 104 cm³/mol. The highest BCUT2D eigenvalue weighted by Gasteiger charge is 2.37. The Morgan fingerprint density at radius 1 is 1.30 bits per heavy atom. The molecule has 2 aromatic heterocycles. The number of anilines is 2. The molecule has 27 heavy (non-hydrogen) atoms. The van der Waals surface area contributed by atoms with Crippen LogP contribution < -0.4 is 11.1 Å². The molecular weight excluding hydrogens is 340 g/mol. The second-order valence-electron chi connectivity index (χ2n) is 7.02. The lowest BCUT2D eigenvalue weighted by Crippen LogP contribution is -2.27. The third kappa shape index (κ3) is 2.95. The number of nitrogens with zero attached hydrogens (tertiary/aromatic N) is 2. The molecule has 4 rings (SSSR count). The van der Waals surface area contributed by atoms with Gasteiger partial charge in [-0.3, -0.25) is 4.98 Å². The van der Waals surface area contributed by atoms with Gasteiger partial charge in [0.15, 0.2) is 0 Å². The molecule has 3 heterocycles. The van der Waals surface area contributed by atoms with E-state index in [4.69, 9.17) is 15.5 Å². The third-order valence-electron chi connectivity index (χ3n) is 5.38. The fourth-order valence-corrected chi connectivity index (χ4v) is 4.15. The minimum Gasteiger partial charge on any atom is -0.463 e. The van der Waals surface area contributed by atoms with Crippen molar-refractivity contribution in [3.63, 3.8) is 0 Å². The van der Waals surface area contributed by atoms with E-state index in [0.717, 1.165) is 65.3 Å². The number of aryl methyl sites for hydroxylation is 1. The summed E-state index contributed by atoms with van der Waals surface area (Å²) in [5.41, 5.74) is 12.8. The van der Waals surface area contributed by atoms with E-state index in [0.29, 0.717) is 12.2 Å². The van der Waals surface area contributed by atoms with Gasteiger partial charge in [0.05, 0.1) is 12.2 Å². The number of hydrogen-bond donors (Lipinski definition) is 2. The van der Waals surface area contributed by atoms with Crippen molar-refractivity contribution in [3.8, 4) is 0 Å². The molecule has 2 aromatic rings. The minimum atomic E-state index is -0.327. The van der Waals surface area contributed by atoms with Crippen LogP contribution in [-0.2, 0) is 22.4 Å². The predicted octanol–water partition coefficient (Wildman–Crippen LogP) is 3.33. The van der Waals surface area contributed by atoms with Crippen LogP contribution >= 0.6 is 0 Å². The van der Waals surface area contributed by atoms with Crippen molar-refractivity contribution in [3.05, 3.63) is 58.2 Å². The summed E-state index contributed by atoms with van der Waals surface area (Å²) < 4.78 is 5.36. The van der Waals surface area contributed by atoms with E-state index in [1.165, 1.54) is 0 Å². The largest absolute Gasteiger partial charge is 0.463 e. The van der Waals surface area contributed by atoms with Crippen LogP contribution in [-0.4, -0.2) is 22.5 Å². The van der Waals surface area contributed by atoms with Crippen LogP contribution in [0.3, 0.4) is 0 Å². The summed E-state index contributed by atoms with van der Waals surface area (Å²) in [7, 11) is 0. The number of nitrogens with two attached hydrogens (primary N) is 1. The van der Waals surface area contributed by atoms with Crippen molar-refractivity contribution in [2.45, 2.75) is 45.4 Å². The maximum atomic E-state index is 12.8. The number of hydrogen-bond acceptors (Lipinski definition) is 6. The molecule has 1 aliphatic heterocycles. The Hall–Kier alpha value is -2.89. The molecule has 6 nitrogen and oxygen atoms in total. The van der Waals surface area contributed by atoms with Gasteiger partial charge in [-0.15, -0.1) is 0 Å². The molecule has 0 saturated carbocycles. The maximum absolute atomic E-state index is 12.8. The first-order chi connectivity index (χ1) is 13.1. The average Bonchev–Trinajstić information content (AvgIpc) is 2.68. The molecule has 0 saturated heterocycles. The van der Waals surface area contributed by atoms with Gasteiger partial charge in [-0.05, 0) is 62.8 Å². The Morgan fingerprint density at radius 2 is 2.04 bits per heavy atom. The number of allylic oxidation sites excluding steroid dienone is 1. The summed E-state index contributed by atoms with van der Waals surface area (Å²) in [5, 5.41) is 3.31. The number of ether oxygens (including phenoxy) is 1. The summed E-state index contributed by atoms with van der Waals surface area (Å²) in [4.78, 5) is 21.8. The highest BCUT2D eigenvalue weighted by Crippen LogP contribution is 2.46. The monoisotopic (exact) mass is 364 g/mol. The van der Waals surface area contributed by atoms with Crippen molar-refractivity contribution in [2.75, 3.05) is 17.7 Å². The number of rotatable bonds is 3. The fourth-order valence-electron chi connectivity index (χ4n) is 4.15. The van der Waals surface area contributed by atoms with Crippen LogP contribution in [0.25, 0.3) is 0 Å². The molecule has 6 heteroatoms. The Bertz CT molecular complexity index is 922. The molecule has 3 N–H and O–H groups in total. The standard InChI is InChI=1S/C21H24N4O2/c1-3-27-21(26)16-12(2)24-20-18(17(16)13-8-10-23-11-9-13)19(22)14-6-4-5-7-15(14)25-20/h8-11,17H,3-7H2,1-2H3,(H3,22,24,25)/t17-/m1/s1. The van der Waals surface area contributed by atoms with E-state index in [2.05, 4.69) is 10.3 Å². The zero-order chi connectivity index (χ0) is 19.0. The van der Waals surface area contributed by atoms with Crippen LogP contribution in [0.2, 0.25) is 0 Å². The highest BCUT2D eigenvalue weighted by molar-refractivity contribution is 5.95. The van der Waals surface area contributed by atoms with Crippen LogP contribution in [0.15, 0.2) is 35.8 Å².